The number of hydrogen-bond donors (Lipinski definition) is 2. The van der Waals surface area contributed by atoms with Gasteiger partial charge in [-0.05, 0) is 18.9 Å². The van der Waals surface area contributed by atoms with E-state index in [0.717, 1.165) is 6.07 Å². The Morgan fingerprint density at radius 1 is 1.38 bits per heavy atom. The van der Waals surface area contributed by atoms with Crippen molar-refractivity contribution in [3.63, 3.8) is 0 Å². The molecule has 21 heavy (non-hydrogen) atoms. The van der Waals surface area contributed by atoms with Crippen molar-refractivity contribution in [2.24, 2.45) is 5.92 Å². The average molecular weight is 316 g/mol. The van der Waals surface area contributed by atoms with Gasteiger partial charge in [0, 0.05) is 11.6 Å². The molecule has 0 aliphatic rings. The van der Waals surface area contributed by atoms with Crippen LogP contribution in [0.25, 0.3) is 0 Å². The smallest absolute Gasteiger partial charge is 0.322 e. The zero-order valence-electron chi connectivity index (χ0n) is 11.7. The molecule has 0 fully saturated rings. The van der Waals surface area contributed by atoms with Crippen molar-refractivity contribution in [2.75, 3.05) is 0 Å². The minimum atomic E-state index is -4.16. The molecule has 0 saturated heterocycles. The van der Waals surface area contributed by atoms with Crippen molar-refractivity contribution in [3.8, 4) is 0 Å². The highest BCUT2D eigenvalue weighted by atomic mass is 32.2. The van der Waals surface area contributed by atoms with Crippen molar-refractivity contribution in [3.05, 3.63) is 33.9 Å². The maximum absolute atomic E-state index is 12.1. The summed E-state index contributed by atoms with van der Waals surface area (Å²) in [5.41, 5.74) is -0.0214. The van der Waals surface area contributed by atoms with E-state index in [4.69, 9.17) is 5.11 Å². The minimum Gasteiger partial charge on any atom is -0.480 e. The lowest BCUT2D eigenvalue weighted by atomic mass is 10.1. The van der Waals surface area contributed by atoms with Crippen LogP contribution < -0.4 is 4.72 Å². The van der Waals surface area contributed by atoms with E-state index in [0.29, 0.717) is 5.56 Å². The van der Waals surface area contributed by atoms with Crippen LogP contribution in [0.1, 0.15) is 19.4 Å². The van der Waals surface area contributed by atoms with Gasteiger partial charge in [-0.1, -0.05) is 19.9 Å². The molecule has 1 rings (SSSR count). The molecule has 0 heterocycles. The lowest BCUT2D eigenvalue weighted by molar-refractivity contribution is -0.385. The third-order valence-electron chi connectivity index (χ3n) is 2.90. The normalized spacial score (nSPS) is 13.1. The monoisotopic (exact) mass is 316 g/mol. The number of aliphatic carboxylic acids is 1. The summed E-state index contributed by atoms with van der Waals surface area (Å²) in [4.78, 5) is 20.8. The molecular weight excluding hydrogens is 300 g/mol. The van der Waals surface area contributed by atoms with Crippen molar-refractivity contribution in [2.45, 2.75) is 31.7 Å². The van der Waals surface area contributed by atoms with Gasteiger partial charge in [0.05, 0.1) is 9.82 Å². The molecule has 1 atom stereocenters. The highest BCUT2D eigenvalue weighted by Crippen LogP contribution is 2.22. The third kappa shape index (κ3) is 3.99. The van der Waals surface area contributed by atoms with E-state index in [2.05, 4.69) is 0 Å². The Labute approximate surface area is 122 Å². The summed E-state index contributed by atoms with van der Waals surface area (Å²) in [5.74, 6) is -1.78. The molecule has 116 valence electrons. The second-order valence-electron chi connectivity index (χ2n) is 4.89. The Bertz CT molecular complexity index is 668. The van der Waals surface area contributed by atoms with Gasteiger partial charge in [-0.15, -0.1) is 0 Å². The molecule has 0 radical (unpaired) electrons. The molecule has 0 aromatic heterocycles. The number of nitro groups is 1. The van der Waals surface area contributed by atoms with Crippen LogP contribution in [-0.4, -0.2) is 30.5 Å². The quantitative estimate of drug-likeness (QED) is 0.601. The third-order valence-corrected chi connectivity index (χ3v) is 4.34. The van der Waals surface area contributed by atoms with Gasteiger partial charge in [0.2, 0.25) is 10.0 Å². The van der Waals surface area contributed by atoms with E-state index in [1.807, 2.05) is 4.72 Å². The van der Waals surface area contributed by atoms with Crippen molar-refractivity contribution in [1.29, 1.82) is 0 Å². The van der Waals surface area contributed by atoms with Crippen LogP contribution in [0.5, 0.6) is 0 Å². The van der Waals surface area contributed by atoms with Crippen molar-refractivity contribution < 1.29 is 23.2 Å². The Morgan fingerprint density at radius 2 is 1.95 bits per heavy atom. The van der Waals surface area contributed by atoms with Gasteiger partial charge in [-0.3, -0.25) is 14.9 Å². The van der Waals surface area contributed by atoms with Crippen LogP contribution in [0, 0.1) is 23.0 Å². The zero-order valence-corrected chi connectivity index (χ0v) is 12.5. The topological polar surface area (TPSA) is 127 Å². The predicted octanol–water partition coefficient (Wildman–Crippen LogP) is 1.29. The molecule has 0 unspecified atom stereocenters. The number of nitrogens with zero attached hydrogens (tertiary/aromatic N) is 1. The number of carboxylic acids is 1. The molecule has 0 bridgehead atoms. The fourth-order valence-electron chi connectivity index (χ4n) is 1.66. The van der Waals surface area contributed by atoms with Gasteiger partial charge in [0.1, 0.15) is 6.04 Å². The number of carbonyl (C=O) groups is 1. The first kappa shape index (κ1) is 17.1. The molecule has 0 aliphatic heterocycles. The Balaban J connectivity index is 3.22. The second kappa shape index (κ2) is 6.19. The number of hydrogen-bond acceptors (Lipinski definition) is 5. The van der Waals surface area contributed by atoms with Gasteiger partial charge in [-0.2, -0.15) is 4.72 Å². The maximum atomic E-state index is 12.1. The fraction of sp³-hybridized carbons (Fsp3) is 0.417. The molecule has 2 N–H and O–H groups in total. The summed E-state index contributed by atoms with van der Waals surface area (Å²) in [7, 11) is -4.16. The van der Waals surface area contributed by atoms with Gasteiger partial charge in [-0.25, -0.2) is 8.42 Å². The van der Waals surface area contributed by atoms with E-state index in [1.165, 1.54) is 19.1 Å². The average Bonchev–Trinajstić information content (AvgIpc) is 2.35. The van der Waals surface area contributed by atoms with Crippen LogP contribution in [0.15, 0.2) is 23.1 Å². The van der Waals surface area contributed by atoms with Crippen LogP contribution in [0.3, 0.4) is 0 Å². The summed E-state index contributed by atoms with van der Waals surface area (Å²) < 4.78 is 26.3. The molecule has 0 saturated carbocycles. The van der Waals surface area contributed by atoms with E-state index < -0.39 is 32.9 Å². The fourth-order valence-corrected chi connectivity index (χ4v) is 3.02. The summed E-state index contributed by atoms with van der Waals surface area (Å²) in [6.45, 7) is 4.59. The van der Waals surface area contributed by atoms with E-state index in [9.17, 15) is 23.3 Å². The molecule has 1 aromatic carbocycles. The highest BCUT2D eigenvalue weighted by molar-refractivity contribution is 7.89. The molecule has 0 spiro atoms. The van der Waals surface area contributed by atoms with E-state index in [-0.39, 0.29) is 10.6 Å². The first-order valence-electron chi connectivity index (χ1n) is 6.06. The first-order valence-corrected chi connectivity index (χ1v) is 7.54. The van der Waals surface area contributed by atoms with E-state index >= 15 is 0 Å². The molecule has 0 amide bonds. The lowest BCUT2D eigenvalue weighted by Gasteiger charge is -2.18. The van der Waals surface area contributed by atoms with Crippen molar-refractivity contribution >= 4 is 21.7 Å². The molecular formula is C12H16N2O6S. The molecule has 0 aliphatic carbocycles. The Kier molecular flexibility index (Phi) is 5.02. The van der Waals surface area contributed by atoms with Gasteiger partial charge in [0.25, 0.3) is 5.69 Å². The van der Waals surface area contributed by atoms with Crippen LogP contribution in [-0.2, 0) is 14.8 Å². The largest absolute Gasteiger partial charge is 0.480 e. The van der Waals surface area contributed by atoms with Gasteiger partial charge < -0.3 is 5.11 Å². The number of rotatable bonds is 6. The number of nitro benzene ring substituents is 1. The first-order chi connectivity index (χ1) is 9.56. The van der Waals surface area contributed by atoms with Gasteiger partial charge in [0.15, 0.2) is 0 Å². The summed E-state index contributed by atoms with van der Waals surface area (Å²) in [6.07, 6.45) is 0. The Morgan fingerprint density at radius 3 is 2.38 bits per heavy atom. The SMILES string of the molecule is Cc1ccc(S(=O)(=O)N[C@H](C(=O)O)C(C)C)cc1[N+](=O)[O-]. The van der Waals surface area contributed by atoms with Crippen LogP contribution >= 0.6 is 0 Å². The van der Waals surface area contributed by atoms with Crippen LogP contribution in [0.4, 0.5) is 5.69 Å². The summed E-state index contributed by atoms with van der Waals surface area (Å²) >= 11 is 0. The lowest BCUT2D eigenvalue weighted by Crippen LogP contribution is -2.44. The summed E-state index contributed by atoms with van der Waals surface area (Å²) in [5, 5.41) is 19.8. The van der Waals surface area contributed by atoms with E-state index in [1.54, 1.807) is 13.8 Å². The number of benzene rings is 1. The summed E-state index contributed by atoms with van der Waals surface area (Å²) in [6, 6.07) is 2.11. The highest BCUT2D eigenvalue weighted by Gasteiger charge is 2.29. The molecule has 8 nitrogen and oxygen atoms in total. The number of carboxylic acid groups (broad SMARTS) is 1. The van der Waals surface area contributed by atoms with Crippen molar-refractivity contribution in [1.82, 2.24) is 4.72 Å². The number of aryl methyl sites for hydroxylation is 1. The predicted molar refractivity (Wildman–Crippen MR) is 74.4 cm³/mol. The number of sulfonamides is 1. The minimum absolute atomic E-state index is 0.317. The maximum Gasteiger partial charge on any atom is 0.322 e. The second-order valence-corrected chi connectivity index (χ2v) is 6.60. The van der Waals surface area contributed by atoms with Gasteiger partial charge >= 0.3 is 5.97 Å². The zero-order chi connectivity index (χ0) is 16.4. The molecule has 1 aromatic rings. The Hall–Kier alpha value is -2.00. The number of nitrogens with one attached hydrogen (secondary N) is 1. The standard InChI is InChI=1S/C12H16N2O6S/c1-7(2)11(12(15)16)13-21(19,20)9-5-4-8(3)10(6-9)14(17)18/h4-7,11,13H,1-3H3,(H,15,16)/t11-/m0/s1. The van der Waals surface area contributed by atoms with Crippen LogP contribution in [0.2, 0.25) is 0 Å². The molecule has 9 heteroatoms.